The molecule has 0 fully saturated rings. The molecule has 2 aromatic rings. The van der Waals surface area contributed by atoms with E-state index < -0.39 is 6.10 Å². The lowest BCUT2D eigenvalue weighted by molar-refractivity contribution is -0.131. The van der Waals surface area contributed by atoms with Crippen LogP contribution in [0.2, 0.25) is 0 Å². The summed E-state index contributed by atoms with van der Waals surface area (Å²) in [6.07, 6.45) is -0.707. The minimum atomic E-state index is -0.707. The van der Waals surface area contributed by atoms with E-state index in [9.17, 15) is 9.18 Å². The summed E-state index contributed by atoms with van der Waals surface area (Å²) in [5, 5.41) is 2.99. The molecule has 0 spiro atoms. The summed E-state index contributed by atoms with van der Waals surface area (Å²) < 4.78 is 24.4. The molecule has 126 valence electrons. The van der Waals surface area contributed by atoms with Gasteiger partial charge in [0.1, 0.15) is 12.4 Å². The van der Waals surface area contributed by atoms with Crippen LogP contribution in [0.15, 0.2) is 48.5 Å². The number of benzene rings is 2. The summed E-state index contributed by atoms with van der Waals surface area (Å²) in [5.41, 5.74) is 0.858. The van der Waals surface area contributed by atoms with E-state index in [0.717, 1.165) is 5.56 Å². The number of carbonyl (C=O) groups excluding carboxylic acids is 1. The molecule has 0 saturated carbocycles. The van der Waals surface area contributed by atoms with Crippen LogP contribution in [0.5, 0.6) is 11.5 Å². The molecule has 0 aliphatic carbocycles. The number of nitrogens with one attached hydrogen (secondary N) is 1. The summed E-state index contributed by atoms with van der Waals surface area (Å²) in [5.74, 6) is 0.809. The van der Waals surface area contributed by atoms with Crippen molar-refractivity contribution in [1.82, 2.24) is 5.32 Å². The number of hydrogen-bond acceptors (Lipinski definition) is 3. The van der Waals surface area contributed by atoms with Crippen molar-refractivity contribution in [3.63, 3.8) is 0 Å². The molecule has 4 nitrogen and oxygen atoms in total. The standard InChI is InChI=1S/C19H20FNO3/c1-12(2)18(13-7-9-14(20)10-8-13)21-19(22)17-11-23-15-5-3-4-6-16(15)24-17/h3-10,12,17-18H,11H2,1-2H3,(H,21,22)/t17-,18+/m1/s1. The first-order valence-corrected chi connectivity index (χ1v) is 7.99. The van der Waals surface area contributed by atoms with E-state index in [4.69, 9.17) is 9.47 Å². The van der Waals surface area contributed by atoms with Crippen LogP contribution in [0.3, 0.4) is 0 Å². The second-order valence-corrected chi connectivity index (χ2v) is 6.15. The van der Waals surface area contributed by atoms with E-state index in [-0.39, 0.29) is 30.3 Å². The quantitative estimate of drug-likeness (QED) is 0.934. The number of fused-ring (bicyclic) bond motifs is 1. The van der Waals surface area contributed by atoms with Gasteiger partial charge in [0, 0.05) is 0 Å². The van der Waals surface area contributed by atoms with Gasteiger partial charge in [0.25, 0.3) is 5.91 Å². The van der Waals surface area contributed by atoms with E-state index >= 15 is 0 Å². The number of hydrogen-bond donors (Lipinski definition) is 1. The van der Waals surface area contributed by atoms with Gasteiger partial charge in [0.15, 0.2) is 11.5 Å². The topological polar surface area (TPSA) is 47.6 Å². The summed E-state index contributed by atoms with van der Waals surface area (Å²) in [7, 11) is 0. The van der Waals surface area contributed by atoms with E-state index in [0.29, 0.717) is 11.5 Å². The van der Waals surface area contributed by atoms with Crippen LogP contribution >= 0.6 is 0 Å². The van der Waals surface area contributed by atoms with Crippen molar-refractivity contribution in [2.24, 2.45) is 5.92 Å². The number of ether oxygens (including phenoxy) is 2. The van der Waals surface area contributed by atoms with Gasteiger partial charge in [-0.2, -0.15) is 0 Å². The van der Waals surface area contributed by atoms with Crippen molar-refractivity contribution >= 4 is 5.91 Å². The maximum absolute atomic E-state index is 13.1. The Balaban J connectivity index is 1.71. The van der Waals surface area contributed by atoms with Gasteiger partial charge >= 0.3 is 0 Å². The van der Waals surface area contributed by atoms with Gasteiger partial charge in [-0.1, -0.05) is 38.1 Å². The highest BCUT2D eigenvalue weighted by molar-refractivity contribution is 5.82. The Bertz CT molecular complexity index is 715. The predicted octanol–water partition coefficient (Wildman–Crippen LogP) is 3.48. The molecule has 2 atom stereocenters. The summed E-state index contributed by atoms with van der Waals surface area (Å²) in [4.78, 5) is 12.6. The number of halogens is 1. The first-order valence-electron chi connectivity index (χ1n) is 7.99. The zero-order valence-corrected chi connectivity index (χ0v) is 13.7. The highest BCUT2D eigenvalue weighted by atomic mass is 19.1. The van der Waals surface area contributed by atoms with Gasteiger partial charge in [-0.25, -0.2) is 4.39 Å². The Kier molecular flexibility index (Phi) is 4.69. The molecule has 24 heavy (non-hydrogen) atoms. The van der Waals surface area contributed by atoms with Crippen molar-refractivity contribution in [2.75, 3.05) is 6.61 Å². The van der Waals surface area contributed by atoms with Gasteiger partial charge < -0.3 is 14.8 Å². The molecule has 0 bridgehead atoms. The summed E-state index contributed by atoms with van der Waals surface area (Å²) in [6, 6.07) is 13.2. The minimum absolute atomic E-state index is 0.149. The smallest absolute Gasteiger partial charge is 0.265 e. The SMILES string of the molecule is CC(C)[C@H](NC(=O)[C@H]1COc2ccccc2O1)c1ccc(F)cc1. The van der Waals surface area contributed by atoms with Gasteiger partial charge in [0.05, 0.1) is 6.04 Å². The third-order valence-corrected chi connectivity index (χ3v) is 3.99. The predicted molar refractivity (Wildman–Crippen MR) is 88.5 cm³/mol. The number of para-hydroxylation sites is 2. The zero-order chi connectivity index (χ0) is 17.1. The average molecular weight is 329 g/mol. The Morgan fingerprint density at radius 3 is 2.46 bits per heavy atom. The van der Waals surface area contributed by atoms with Crippen molar-refractivity contribution < 1.29 is 18.7 Å². The largest absolute Gasteiger partial charge is 0.485 e. The Hall–Kier alpha value is -2.56. The van der Waals surface area contributed by atoms with E-state index in [1.807, 2.05) is 26.0 Å². The third kappa shape index (κ3) is 3.50. The lowest BCUT2D eigenvalue weighted by Gasteiger charge is -2.29. The molecular weight excluding hydrogens is 309 g/mol. The van der Waals surface area contributed by atoms with Crippen molar-refractivity contribution in [2.45, 2.75) is 26.0 Å². The van der Waals surface area contributed by atoms with Crippen LogP contribution < -0.4 is 14.8 Å². The van der Waals surface area contributed by atoms with Crippen molar-refractivity contribution in [3.8, 4) is 11.5 Å². The maximum atomic E-state index is 13.1. The second kappa shape index (κ2) is 6.91. The first-order chi connectivity index (χ1) is 11.5. The highest BCUT2D eigenvalue weighted by Gasteiger charge is 2.29. The number of rotatable bonds is 4. The fraction of sp³-hybridized carbons (Fsp3) is 0.316. The van der Waals surface area contributed by atoms with E-state index in [1.165, 1.54) is 12.1 Å². The molecule has 5 heteroatoms. The van der Waals surface area contributed by atoms with Crippen molar-refractivity contribution in [3.05, 3.63) is 59.9 Å². The lowest BCUT2D eigenvalue weighted by Crippen LogP contribution is -2.46. The Morgan fingerprint density at radius 1 is 1.12 bits per heavy atom. The van der Waals surface area contributed by atoms with Gasteiger partial charge in [-0.3, -0.25) is 4.79 Å². The van der Waals surface area contributed by atoms with Crippen LogP contribution in [-0.4, -0.2) is 18.6 Å². The monoisotopic (exact) mass is 329 g/mol. The lowest BCUT2D eigenvalue weighted by atomic mass is 9.95. The molecule has 1 aliphatic heterocycles. The molecule has 0 unspecified atom stereocenters. The van der Waals surface area contributed by atoms with Gasteiger partial charge in [-0.15, -0.1) is 0 Å². The Morgan fingerprint density at radius 2 is 1.79 bits per heavy atom. The fourth-order valence-electron chi connectivity index (χ4n) is 2.70. The molecule has 2 aromatic carbocycles. The molecule has 1 amide bonds. The summed E-state index contributed by atoms with van der Waals surface area (Å²) >= 11 is 0. The molecule has 1 heterocycles. The minimum Gasteiger partial charge on any atom is -0.485 e. The Labute approximate surface area is 140 Å². The van der Waals surface area contributed by atoms with E-state index in [2.05, 4.69) is 5.32 Å². The number of carbonyl (C=O) groups is 1. The molecule has 0 saturated heterocycles. The van der Waals surface area contributed by atoms with Crippen LogP contribution in [0, 0.1) is 11.7 Å². The second-order valence-electron chi connectivity index (χ2n) is 6.15. The molecule has 3 rings (SSSR count). The summed E-state index contributed by atoms with van der Waals surface area (Å²) in [6.45, 7) is 4.17. The van der Waals surface area contributed by atoms with Gasteiger partial charge in [0.2, 0.25) is 6.10 Å². The van der Waals surface area contributed by atoms with E-state index in [1.54, 1.807) is 24.3 Å². The molecule has 0 aromatic heterocycles. The molecule has 1 N–H and O–H groups in total. The molecule has 1 aliphatic rings. The molecular formula is C19H20FNO3. The van der Waals surface area contributed by atoms with Crippen LogP contribution in [0.4, 0.5) is 4.39 Å². The average Bonchev–Trinajstić information content (AvgIpc) is 2.59. The normalized spacial score (nSPS) is 17.4. The van der Waals surface area contributed by atoms with Crippen molar-refractivity contribution in [1.29, 1.82) is 0 Å². The van der Waals surface area contributed by atoms with Crippen LogP contribution in [0.25, 0.3) is 0 Å². The number of amides is 1. The van der Waals surface area contributed by atoms with Crippen LogP contribution in [-0.2, 0) is 4.79 Å². The molecule has 0 radical (unpaired) electrons. The highest BCUT2D eigenvalue weighted by Crippen LogP contribution is 2.31. The maximum Gasteiger partial charge on any atom is 0.265 e. The zero-order valence-electron chi connectivity index (χ0n) is 13.7. The first kappa shape index (κ1) is 16.3. The van der Waals surface area contributed by atoms with Gasteiger partial charge in [-0.05, 0) is 35.7 Å². The fourth-order valence-corrected chi connectivity index (χ4v) is 2.70. The van der Waals surface area contributed by atoms with Crippen LogP contribution in [0.1, 0.15) is 25.5 Å². The third-order valence-electron chi connectivity index (χ3n) is 3.99.